The second-order valence-corrected chi connectivity index (χ2v) is 9.02. The summed E-state index contributed by atoms with van der Waals surface area (Å²) in [7, 11) is 0. The van der Waals surface area contributed by atoms with E-state index in [1.165, 1.54) is 0 Å². The molecule has 0 saturated heterocycles. The van der Waals surface area contributed by atoms with Crippen molar-refractivity contribution in [2.24, 2.45) is 0 Å². The third-order valence-electron chi connectivity index (χ3n) is 4.15. The Morgan fingerprint density at radius 2 is 1.67 bits per heavy atom. The van der Waals surface area contributed by atoms with Crippen LogP contribution >= 0.6 is 15.9 Å². The van der Waals surface area contributed by atoms with Crippen LogP contribution in [0.4, 0.5) is 10.5 Å². The normalized spacial score (nSPS) is 12.2. The van der Waals surface area contributed by atoms with Gasteiger partial charge >= 0.3 is 6.09 Å². The van der Waals surface area contributed by atoms with Crippen LogP contribution in [0.3, 0.4) is 0 Å². The molecule has 0 fully saturated rings. The first kappa shape index (κ1) is 23.9. The lowest BCUT2D eigenvalue weighted by Gasteiger charge is -2.24. The van der Waals surface area contributed by atoms with Gasteiger partial charge in [0.1, 0.15) is 11.6 Å². The first-order valence-corrected chi connectivity index (χ1v) is 10.5. The fourth-order valence-corrected chi connectivity index (χ4v) is 3.51. The van der Waals surface area contributed by atoms with Crippen LogP contribution in [0.15, 0.2) is 46.9 Å². The summed E-state index contributed by atoms with van der Waals surface area (Å²) >= 11 is 3.45. The number of carbonyl (C=O) groups is 2. The minimum Gasteiger partial charge on any atom is -0.444 e. The van der Waals surface area contributed by atoms with Crippen LogP contribution in [0.5, 0.6) is 0 Å². The number of carbonyl (C=O) groups excluding carboxylic acids is 2. The molecule has 2 rings (SSSR count). The summed E-state index contributed by atoms with van der Waals surface area (Å²) < 4.78 is 12.0. The Morgan fingerprint density at radius 3 is 2.23 bits per heavy atom. The van der Waals surface area contributed by atoms with Crippen molar-refractivity contribution in [1.29, 1.82) is 0 Å². The molecule has 0 heterocycles. The van der Waals surface area contributed by atoms with Gasteiger partial charge in [-0.3, -0.25) is 4.79 Å². The highest BCUT2D eigenvalue weighted by Gasteiger charge is 2.25. The number of amides is 2. The van der Waals surface area contributed by atoms with Gasteiger partial charge in [0.25, 0.3) is 0 Å². The molecule has 0 aliphatic rings. The van der Waals surface area contributed by atoms with Gasteiger partial charge < -0.3 is 20.1 Å². The summed E-state index contributed by atoms with van der Waals surface area (Å²) in [5.74, 6) is -0.373. The predicted molar refractivity (Wildman–Crippen MR) is 122 cm³/mol. The van der Waals surface area contributed by atoms with Crippen molar-refractivity contribution in [3.05, 3.63) is 63.6 Å². The van der Waals surface area contributed by atoms with Gasteiger partial charge in [0.15, 0.2) is 0 Å². The molecule has 0 aliphatic carbocycles. The molecule has 0 aromatic heterocycles. The van der Waals surface area contributed by atoms with E-state index in [0.717, 1.165) is 21.2 Å². The summed E-state index contributed by atoms with van der Waals surface area (Å²) in [6, 6.07) is 12.6. The zero-order valence-electron chi connectivity index (χ0n) is 18.0. The van der Waals surface area contributed by atoms with Crippen molar-refractivity contribution in [2.45, 2.75) is 52.9 Å². The first-order valence-electron chi connectivity index (χ1n) is 9.74. The Balaban J connectivity index is 2.10. The second kappa shape index (κ2) is 10.6. The van der Waals surface area contributed by atoms with E-state index in [2.05, 4.69) is 26.6 Å². The number of nitrogens with one attached hydrogen (secondary N) is 2. The number of ether oxygens (including phenoxy) is 2. The van der Waals surface area contributed by atoms with E-state index in [9.17, 15) is 9.59 Å². The zero-order valence-corrected chi connectivity index (χ0v) is 19.6. The molecule has 0 aliphatic heterocycles. The maximum absolute atomic E-state index is 13.0. The molecule has 6 nitrogen and oxygen atoms in total. The molecule has 0 unspecified atom stereocenters. The van der Waals surface area contributed by atoms with Crippen LogP contribution in [0.1, 0.15) is 37.5 Å². The molecule has 2 N–H and O–H groups in total. The van der Waals surface area contributed by atoms with E-state index < -0.39 is 17.7 Å². The number of halogens is 1. The van der Waals surface area contributed by atoms with Crippen molar-refractivity contribution in [3.63, 3.8) is 0 Å². The standard InChI is InChI=1S/C23H29BrN2O4/c1-15-11-18(24)12-16(2)20(15)26-21(27)19(25-22(28)30-23(3,4)5)14-29-13-17-9-7-6-8-10-17/h6-12,19H,13-14H2,1-5H3,(H,25,28)(H,26,27)/t19-/m0/s1. The third-order valence-corrected chi connectivity index (χ3v) is 4.61. The number of benzene rings is 2. The molecule has 0 spiro atoms. The van der Waals surface area contributed by atoms with E-state index in [1.807, 2.05) is 56.3 Å². The lowest BCUT2D eigenvalue weighted by molar-refractivity contribution is -0.119. The molecule has 30 heavy (non-hydrogen) atoms. The van der Waals surface area contributed by atoms with E-state index >= 15 is 0 Å². The van der Waals surface area contributed by atoms with Crippen LogP contribution in [0.25, 0.3) is 0 Å². The number of alkyl carbamates (subject to hydrolysis) is 1. The van der Waals surface area contributed by atoms with E-state index in [4.69, 9.17) is 9.47 Å². The number of aryl methyl sites for hydroxylation is 2. The molecule has 0 bridgehead atoms. The molecular weight excluding hydrogens is 448 g/mol. The highest BCUT2D eigenvalue weighted by atomic mass is 79.9. The summed E-state index contributed by atoms with van der Waals surface area (Å²) in [5, 5.41) is 5.54. The quantitative estimate of drug-likeness (QED) is 0.581. The number of rotatable bonds is 7. The molecule has 2 amide bonds. The van der Waals surface area contributed by atoms with Gasteiger partial charge in [-0.1, -0.05) is 46.3 Å². The molecule has 7 heteroatoms. The number of hydrogen-bond acceptors (Lipinski definition) is 4. The van der Waals surface area contributed by atoms with Crippen LogP contribution in [-0.2, 0) is 20.9 Å². The summed E-state index contributed by atoms with van der Waals surface area (Å²) in [6.45, 7) is 9.46. The van der Waals surface area contributed by atoms with E-state index in [-0.39, 0.29) is 12.5 Å². The van der Waals surface area contributed by atoms with Crippen LogP contribution in [0.2, 0.25) is 0 Å². The van der Waals surface area contributed by atoms with Gasteiger partial charge in [0.05, 0.1) is 13.2 Å². The van der Waals surface area contributed by atoms with Crippen molar-refractivity contribution in [1.82, 2.24) is 5.32 Å². The smallest absolute Gasteiger partial charge is 0.408 e. The Morgan fingerprint density at radius 1 is 1.07 bits per heavy atom. The highest BCUT2D eigenvalue weighted by Crippen LogP contribution is 2.25. The Bertz CT molecular complexity index is 856. The van der Waals surface area contributed by atoms with Crippen molar-refractivity contribution in [2.75, 3.05) is 11.9 Å². The molecule has 0 radical (unpaired) electrons. The Labute approximate surface area is 186 Å². The summed E-state index contributed by atoms with van der Waals surface area (Å²) in [4.78, 5) is 25.2. The van der Waals surface area contributed by atoms with Gasteiger partial charge in [-0.2, -0.15) is 0 Å². The predicted octanol–water partition coefficient (Wildman–Crippen LogP) is 5.11. The summed E-state index contributed by atoms with van der Waals surface area (Å²) in [5.41, 5.74) is 2.85. The fourth-order valence-electron chi connectivity index (χ4n) is 2.82. The molecule has 2 aromatic rings. The Hall–Kier alpha value is -2.38. The van der Waals surface area contributed by atoms with Crippen molar-refractivity contribution >= 4 is 33.6 Å². The largest absolute Gasteiger partial charge is 0.444 e. The van der Waals surface area contributed by atoms with Crippen molar-refractivity contribution < 1.29 is 19.1 Å². The van der Waals surface area contributed by atoms with Crippen LogP contribution in [0, 0.1) is 13.8 Å². The lowest BCUT2D eigenvalue weighted by atomic mass is 10.1. The maximum atomic E-state index is 13.0. The molecule has 162 valence electrons. The van der Waals surface area contributed by atoms with Gasteiger partial charge in [-0.15, -0.1) is 0 Å². The topological polar surface area (TPSA) is 76.7 Å². The highest BCUT2D eigenvalue weighted by molar-refractivity contribution is 9.10. The maximum Gasteiger partial charge on any atom is 0.408 e. The minimum atomic E-state index is -0.911. The van der Waals surface area contributed by atoms with E-state index in [1.54, 1.807) is 20.8 Å². The Kier molecular flexibility index (Phi) is 8.43. The van der Waals surface area contributed by atoms with Gasteiger partial charge in [0.2, 0.25) is 5.91 Å². The van der Waals surface area contributed by atoms with Crippen molar-refractivity contribution in [3.8, 4) is 0 Å². The first-order chi connectivity index (χ1) is 14.0. The number of anilines is 1. The van der Waals surface area contributed by atoms with Gasteiger partial charge in [0, 0.05) is 10.2 Å². The summed E-state index contributed by atoms with van der Waals surface area (Å²) in [6.07, 6.45) is -0.671. The zero-order chi connectivity index (χ0) is 22.3. The van der Waals surface area contributed by atoms with Gasteiger partial charge in [-0.05, 0) is 63.4 Å². The molecule has 2 aromatic carbocycles. The van der Waals surface area contributed by atoms with E-state index in [0.29, 0.717) is 12.3 Å². The van der Waals surface area contributed by atoms with Gasteiger partial charge in [-0.25, -0.2) is 4.79 Å². The molecule has 0 saturated carbocycles. The average Bonchev–Trinajstić information content (AvgIpc) is 2.63. The van der Waals surface area contributed by atoms with Crippen LogP contribution < -0.4 is 10.6 Å². The number of hydrogen-bond donors (Lipinski definition) is 2. The fraction of sp³-hybridized carbons (Fsp3) is 0.391. The second-order valence-electron chi connectivity index (χ2n) is 8.10. The average molecular weight is 477 g/mol. The lowest BCUT2D eigenvalue weighted by Crippen LogP contribution is -2.48. The monoisotopic (exact) mass is 476 g/mol. The minimum absolute atomic E-state index is 0.00853. The molecule has 1 atom stereocenters. The van der Waals surface area contributed by atoms with Crippen LogP contribution in [-0.4, -0.2) is 30.3 Å². The molecular formula is C23H29BrN2O4. The SMILES string of the molecule is Cc1cc(Br)cc(C)c1NC(=O)[C@H](COCc1ccccc1)NC(=O)OC(C)(C)C. The third kappa shape index (κ3) is 7.80.